The molecule has 0 bridgehead atoms. The molecule has 3 aliphatic rings. The van der Waals surface area contributed by atoms with E-state index in [-0.39, 0.29) is 5.78 Å². The summed E-state index contributed by atoms with van der Waals surface area (Å²) in [7, 11) is 0. The van der Waals surface area contributed by atoms with Crippen LogP contribution in [0.4, 0.5) is 5.69 Å². The minimum atomic E-state index is -0.437. The molecule has 0 amide bonds. The van der Waals surface area contributed by atoms with Gasteiger partial charge < -0.3 is 5.73 Å². The number of allylic oxidation sites excluding steroid dienone is 3. The standard InChI is InChI=1S/C23H17BrN4O/c24-14-6-3-5-13(11-14)20-16(12-25)23-27-22(26)15-7-1-2-8-17(15)28(23)18-9-4-10-19(29)21(18)20/h1-3,5-8,11,20H,4,9-10H2,(H2,26,27)/t20-/m1/s1. The van der Waals surface area contributed by atoms with Crippen LogP contribution in [0.25, 0.3) is 0 Å². The number of amidine groups is 1. The number of anilines is 1. The number of halogens is 1. The van der Waals surface area contributed by atoms with Crippen LogP contribution in [0.2, 0.25) is 0 Å². The highest BCUT2D eigenvalue weighted by atomic mass is 79.9. The Labute approximate surface area is 177 Å². The summed E-state index contributed by atoms with van der Waals surface area (Å²) in [5.74, 6) is 0.581. The Morgan fingerprint density at radius 1 is 1.17 bits per heavy atom. The van der Waals surface area contributed by atoms with Crippen molar-refractivity contribution in [2.45, 2.75) is 25.2 Å². The Bertz CT molecular complexity index is 1200. The smallest absolute Gasteiger partial charge is 0.161 e. The van der Waals surface area contributed by atoms with Gasteiger partial charge in [-0.05, 0) is 42.7 Å². The number of carbonyl (C=O) groups is 1. The minimum Gasteiger partial charge on any atom is -0.383 e. The summed E-state index contributed by atoms with van der Waals surface area (Å²) < 4.78 is 0.905. The lowest BCUT2D eigenvalue weighted by Gasteiger charge is -2.41. The normalized spacial score (nSPS) is 20.6. The molecule has 0 unspecified atom stereocenters. The lowest BCUT2D eigenvalue weighted by atomic mass is 9.75. The molecular formula is C23H17BrN4O. The van der Waals surface area contributed by atoms with Gasteiger partial charge in [0, 0.05) is 27.7 Å². The van der Waals surface area contributed by atoms with Crippen LogP contribution in [-0.4, -0.2) is 11.6 Å². The third kappa shape index (κ3) is 2.65. The van der Waals surface area contributed by atoms with Crippen molar-refractivity contribution in [1.29, 1.82) is 5.26 Å². The summed E-state index contributed by atoms with van der Waals surface area (Å²) in [5, 5.41) is 10.2. The molecule has 5 nitrogen and oxygen atoms in total. The Balaban J connectivity index is 1.84. The number of rotatable bonds is 1. The molecule has 5 rings (SSSR count). The van der Waals surface area contributed by atoms with Crippen molar-refractivity contribution in [3.05, 3.63) is 86.8 Å². The van der Waals surface area contributed by atoms with E-state index < -0.39 is 5.92 Å². The fraction of sp³-hybridized carbons (Fsp3) is 0.174. The largest absolute Gasteiger partial charge is 0.383 e. The van der Waals surface area contributed by atoms with Crippen LogP contribution < -0.4 is 10.6 Å². The fourth-order valence-corrected chi connectivity index (χ4v) is 4.91. The van der Waals surface area contributed by atoms with Crippen LogP contribution >= 0.6 is 15.9 Å². The first-order chi connectivity index (χ1) is 14.1. The van der Waals surface area contributed by atoms with Gasteiger partial charge in [0.05, 0.1) is 23.2 Å². The summed E-state index contributed by atoms with van der Waals surface area (Å²) >= 11 is 3.52. The predicted molar refractivity (Wildman–Crippen MR) is 115 cm³/mol. The van der Waals surface area contributed by atoms with Gasteiger partial charge in [-0.25, -0.2) is 4.99 Å². The summed E-state index contributed by atoms with van der Waals surface area (Å²) in [4.78, 5) is 19.7. The first-order valence-corrected chi connectivity index (χ1v) is 10.3. The average molecular weight is 445 g/mol. The number of fused-ring (bicyclic) bond motifs is 4. The maximum Gasteiger partial charge on any atom is 0.161 e. The topological polar surface area (TPSA) is 82.5 Å². The monoisotopic (exact) mass is 444 g/mol. The summed E-state index contributed by atoms with van der Waals surface area (Å²) in [5.41, 5.74) is 11.0. The van der Waals surface area contributed by atoms with Gasteiger partial charge in [-0.2, -0.15) is 5.26 Å². The van der Waals surface area contributed by atoms with Crippen molar-refractivity contribution in [3.8, 4) is 6.07 Å². The number of hydrogen-bond donors (Lipinski definition) is 1. The third-order valence-electron chi connectivity index (χ3n) is 5.68. The van der Waals surface area contributed by atoms with Gasteiger partial charge in [-0.1, -0.05) is 40.2 Å². The second-order valence-corrected chi connectivity index (χ2v) is 8.24. The highest BCUT2D eigenvalue weighted by molar-refractivity contribution is 9.10. The molecular weight excluding hydrogens is 428 g/mol. The van der Waals surface area contributed by atoms with Crippen LogP contribution in [0.1, 0.15) is 36.3 Å². The maximum absolute atomic E-state index is 13.1. The van der Waals surface area contributed by atoms with Crippen LogP contribution in [0.5, 0.6) is 0 Å². The molecule has 6 heteroatoms. The van der Waals surface area contributed by atoms with E-state index in [0.29, 0.717) is 29.2 Å². The molecule has 0 radical (unpaired) electrons. The van der Waals surface area contributed by atoms with Crippen molar-refractivity contribution in [2.24, 2.45) is 10.7 Å². The van der Waals surface area contributed by atoms with E-state index in [2.05, 4.69) is 27.0 Å². The van der Waals surface area contributed by atoms with Crippen LogP contribution in [-0.2, 0) is 4.79 Å². The molecule has 2 aromatic carbocycles. The Morgan fingerprint density at radius 3 is 2.79 bits per heavy atom. The quantitative estimate of drug-likeness (QED) is 0.700. The Morgan fingerprint density at radius 2 is 2.00 bits per heavy atom. The number of aliphatic imine (C=N–C) groups is 1. The van der Waals surface area contributed by atoms with Gasteiger partial charge in [0.1, 0.15) is 5.84 Å². The number of nitrogens with zero attached hydrogens (tertiary/aromatic N) is 3. The van der Waals surface area contributed by atoms with Gasteiger partial charge in [-0.3, -0.25) is 9.69 Å². The zero-order valence-electron chi connectivity index (χ0n) is 15.5. The molecule has 0 saturated heterocycles. The molecule has 0 fully saturated rings. The van der Waals surface area contributed by atoms with Gasteiger partial charge in [-0.15, -0.1) is 0 Å². The van der Waals surface area contributed by atoms with E-state index in [1.54, 1.807) is 0 Å². The maximum atomic E-state index is 13.1. The van der Waals surface area contributed by atoms with E-state index in [4.69, 9.17) is 5.73 Å². The van der Waals surface area contributed by atoms with Crippen molar-refractivity contribution in [2.75, 3.05) is 4.90 Å². The highest BCUT2D eigenvalue weighted by Gasteiger charge is 2.42. The molecule has 0 spiro atoms. The minimum absolute atomic E-state index is 0.100. The zero-order valence-corrected chi connectivity index (χ0v) is 17.1. The first kappa shape index (κ1) is 17.9. The second kappa shape index (κ2) is 6.71. The Kier molecular flexibility index (Phi) is 4.14. The van der Waals surface area contributed by atoms with Crippen LogP contribution in [0.15, 0.2) is 80.7 Å². The number of ketones is 1. The predicted octanol–water partition coefficient (Wildman–Crippen LogP) is 4.51. The number of benzene rings is 2. The molecule has 1 aliphatic carbocycles. The molecule has 1 atom stereocenters. The first-order valence-electron chi connectivity index (χ1n) is 9.50. The molecule has 2 heterocycles. The van der Waals surface area contributed by atoms with Gasteiger partial charge in [0.2, 0.25) is 0 Å². The molecule has 29 heavy (non-hydrogen) atoms. The second-order valence-electron chi connectivity index (χ2n) is 7.32. The van der Waals surface area contributed by atoms with E-state index in [1.165, 1.54) is 0 Å². The van der Waals surface area contributed by atoms with Gasteiger partial charge >= 0.3 is 0 Å². The molecule has 142 valence electrons. The number of para-hydroxylation sites is 1. The number of Topliss-reactive ketones (excluding diaryl/α,β-unsaturated/α-hetero) is 1. The van der Waals surface area contributed by atoms with E-state index in [0.717, 1.165) is 39.8 Å². The van der Waals surface area contributed by atoms with Crippen molar-refractivity contribution >= 4 is 33.2 Å². The molecule has 2 aliphatic heterocycles. The van der Waals surface area contributed by atoms with Crippen molar-refractivity contribution in [1.82, 2.24) is 0 Å². The Hall–Kier alpha value is -3.17. The number of nitriles is 1. The number of carbonyl (C=O) groups excluding carboxylic acids is 1. The van der Waals surface area contributed by atoms with Crippen LogP contribution in [0, 0.1) is 11.3 Å². The fourth-order valence-electron chi connectivity index (χ4n) is 4.49. The lowest BCUT2D eigenvalue weighted by Crippen LogP contribution is -2.39. The van der Waals surface area contributed by atoms with Crippen molar-refractivity contribution in [3.63, 3.8) is 0 Å². The third-order valence-corrected chi connectivity index (χ3v) is 6.17. The number of hydrogen-bond acceptors (Lipinski definition) is 5. The van der Waals surface area contributed by atoms with Crippen molar-refractivity contribution < 1.29 is 4.79 Å². The molecule has 0 aromatic heterocycles. The highest BCUT2D eigenvalue weighted by Crippen LogP contribution is 2.49. The number of nitrogens with two attached hydrogens (primary N) is 1. The lowest BCUT2D eigenvalue weighted by molar-refractivity contribution is -0.116. The summed E-state index contributed by atoms with van der Waals surface area (Å²) in [6.45, 7) is 0. The van der Waals surface area contributed by atoms with Gasteiger partial charge in [0.25, 0.3) is 0 Å². The SMILES string of the molecule is N#CC1=C2N=C(N)c3ccccc3N2C2=C(C(=O)CCC2)[C@@H]1c1cccc(Br)c1. The van der Waals surface area contributed by atoms with E-state index in [9.17, 15) is 10.1 Å². The average Bonchev–Trinajstić information content (AvgIpc) is 2.73. The van der Waals surface area contributed by atoms with E-state index >= 15 is 0 Å². The van der Waals surface area contributed by atoms with Gasteiger partial charge in [0.15, 0.2) is 11.6 Å². The molecule has 0 saturated carbocycles. The summed E-state index contributed by atoms with van der Waals surface area (Å²) in [6.07, 6.45) is 2.05. The molecule has 2 N–H and O–H groups in total. The van der Waals surface area contributed by atoms with Crippen LogP contribution in [0.3, 0.4) is 0 Å². The summed E-state index contributed by atoms with van der Waals surface area (Å²) in [6, 6.07) is 17.9. The molecule has 2 aromatic rings. The van der Waals surface area contributed by atoms with E-state index in [1.807, 2.05) is 53.4 Å². The zero-order chi connectivity index (χ0) is 20.1.